The Labute approximate surface area is 89.7 Å². The van der Waals surface area contributed by atoms with Crippen LogP contribution in [0.5, 0.6) is 0 Å². The van der Waals surface area contributed by atoms with Crippen molar-refractivity contribution in [3.63, 3.8) is 0 Å². The zero-order valence-corrected chi connectivity index (χ0v) is 8.90. The van der Waals surface area contributed by atoms with Crippen molar-refractivity contribution in [2.24, 2.45) is 17.8 Å². The van der Waals surface area contributed by atoms with Crippen LogP contribution in [0.2, 0.25) is 0 Å². The molecular formula is C12H15NO2. The number of carbonyl (C=O) groups excluding carboxylic acids is 1. The highest BCUT2D eigenvalue weighted by molar-refractivity contribution is 5.92. The van der Waals surface area contributed by atoms with E-state index in [1.54, 1.807) is 0 Å². The number of ether oxygens (including phenoxy) is 1. The molecule has 0 aromatic heterocycles. The summed E-state index contributed by atoms with van der Waals surface area (Å²) in [4.78, 5) is 11.2. The van der Waals surface area contributed by atoms with E-state index in [2.05, 4.69) is 4.74 Å². The van der Waals surface area contributed by atoms with E-state index in [1.807, 2.05) is 12.1 Å². The summed E-state index contributed by atoms with van der Waals surface area (Å²) < 4.78 is 4.56. The van der Waals surface area contributed by atoms with Crippen LogP contribution in [0.4, 0.5) is 0 Å². The van der Waals surface area contributed by atoms with E-state index in [-0.39, 0.29) is 5.57 Å². The van der Waals surface area contributed by atoms with Crippen LogP contribution in [0.15, 0.2) is 11.6 Å². The minimum absolute atomic E-state index is 0.176. The van der Waals surface area contributed by atoms with Crippen molar-refractivity contribution in [2.45, 2.75) is 25.7 Å². The van der Waals surface area contributed by atoms with Gasteiger partial charge in [-0.25, -0.2) is 4.79 Å². The predicted molar refractivity (Wildman–Crippen MR) is 54.7 cm³/mol. The lowest BCUT2D eigenvalue weighted by Gasteiger charge is -2.17. The van der Waals surface area contributed by atoms with Gasteiger partial charge in [0.05, 0.1) is 7.11 Å². The first kappa shape index (κ1) is 10.2. The quantitative estimate of drug-likeness (QED) is 0.394. The largest absolute Gasteiger partial charge is 0.465 e. The Hall–Kier alpha value is -1.30. The van der Waals surface area contributed by atoms with Crippen LogP contribution in [-0.2, 0) is 9.53 Å². The van der Waals surface area contributed by atoms with E-state index >= 15 is 0 Å². The van der Waals surface area contributed by atoms with Crippen molar-refractivity contribution >= 4 is 5.97 Å². The molecule has 2 bridgehead atoms. The molecule has 0 aromatic carbocycles. The Kier molecular flexibility index (Phi) is 2.77. The number of nitrogens with zero attached hydrogens (tertiary/aromatic N) is 1. The lowest BCUT2D eigenvalue weighted by molar-refractivity contribution is -0.135. The molecule has 0 radical (unpaired) electrons. The van der Waals surface area contributed by atoms with E-state index in [9.17, 15) is 4.79 Å². The minimum atomic E-state index is -0.500. The van der Waals surface area contributed by atoms with Gasteiger partial charge in [0.2, 0.25) is 0 Å². The van der Waals surface area contributed by atoms with Crippen LogP contribution < -0.4 is 0 Å². The van der Waals surface area contributed by atoms with Gasteiger partial charge >= 0.3 is 5.97 Å². The molecule has 3 heteroatoms. The first-order valence-corrected chi connectivity index (χ1v) is 5.44. The highest BCUT2D eigenvalue weighted by atomic mass is 16.5. The molecule has 0 N–H and O–H groups in total. The molecule has 2 fully saturated rings. The van der Waals surface area contributed by atoms with Crippen LogP contribution in [-0.4, -0.2) is 13.1 Å². The molecule has 2 aliphatic rings. The van der Waals surface area contributed by atoms with Crippen LogP contribution in [0.3, 0.4) is 0 Å². The lowest BCUT2D eigenvalue weighted by atomic mass is 9.87. The molecule has 3 atom stereocenters. The summed E-state index contributed by atoms with van der Waals surface area (Å²) in [5.41, 5.74) is 0.176. The molecule has 2 rings (SSSR count). The maximum Gasteiger partial charge on any atom is 0.348 e. The summed E-state index contributed by atoms with van der Waals surface area (Å²) in [6, 6.07) is 1.93. The number of allylic oxidation sites excluding steroid dienone is 1. The van der Waals surface area contributed by atoms with Gasteiger partial charge < -0.3 is 4.74 Å². The third kappa shape index (κ3) is 1.90. The third-order valence-electron chi connectivity index (χ3n) is 3.70. The molecule has 0 aliphatic heterocycles. The van der Waals surface area contributed by atoms with Crippen molar-refractivity contribution in [3.05, 3.63) is 11.6 Å². The van der Waals surface area contributed by atoms with Gasteiger partial charge in [-0.2, -0.15) is 5.26 Å². The minimum Gasteiger partial charge on any atom is -0.465 e. The fraction of sp³-hybridized carbons (Fsp3) is 0.667. The molecule has 0 amide bonds. The van der Waals surface area contributed by atoms with E-state index in [0.29, 0.717) is 11.8 Å². The number of nitriles is 1. The molecule has 3 unspecified atom stereocenters. The van der Waals surface area contributed by atoms with Gasteiger partial charge in [-0.3, -0.25) is 0 Å². The molecule has 0 spiro atoms. The number of carbonyl (C=O) groups is 1. The first-order chi connectivity index (χ1) is 7.24. The Morgan fingerprint density at radius 1 is 1.47 bits per heavy atom. The molecular weight excluding hydrogens is 190 g/mol. The second kappa shape index (κ2) is 4.06. The fourth-order valence-corrected chi connectivity index (χ4v) is 2.97. The number of hydrogen-bond acceptors (Lipinski definition) is 3. The van der Waals surface area contributed by atoms with E-state index in [4.69, 9.17) is 5.26 Å². The maximum absolute atomic E-state index is 11.2. The van der Waals surface area contributed by atoms with Crippen LogP contribution >= 0.6 is 0 Å². The van der Waals surface area contributed by atoms with Crippen molar-refractivity contribution in [3.8, 4) is 6.07 Å². The first-order valence-electron chi connectivity index (χ1n) is 5.44. The third-order valence-corrected chi connectivity index (χ3v) is 3.70. The van der Waals surface area contributed by atoms with Crippen molar-refractivity contribution < 1.29 is 9.53 Å². The smallest absolute Gasteiger partial charge is 0.348 e. The Morgan fingerprint density at radius 2 is 2.27 bits per heavy atom. The van der Waals surface area contributed by atoms with E-state index in [0.717, 1.165) is 12.3 Å². The topological polar surface area (TPSA) is 50.1 Å². The molecule has 0 saturated heterocycles. The van der Waals surface area contributed by atoms with Crippen LogP contribution in [0.25, 0.3) is 0 Å². The van der Waals surface area contributed by atoms with Crippen molar-refractivity contribution in [1.82, 2.24) is 0 Å². The lowest BCUT2D eigenvalue weighted by Crippen LogP contribution is -2.11. The van der Waals surface area contributed by atoms with Gasteiger partial charge in [-0.15, -0.1) is 0 Å². The number of methoxy groups -OCH3 is 1. The maximum atomic E-state index is 11.2. The predicted octanol–water partition coefficient (Wildman–Crippen LogP) is 2.05. The van der Waals surface area contributed by atoms with Gasteiger partial charge in [0, 0.05) is 0 Å². The van der Waals surface area contributed by atoms with Crippen LogP contribution in [0, 0.1) is 29.1 Å². The van der Waals surface area contributed by atoms with Crippen molar-refractivity contribution in [2.75, 3.05) is 7.11 Å². The highest BCUT2D eigenvalue weighted by Crippen LogP contribution is 2.49. The van der Waals surface area contributed by atoms with Gasteiger partial charge in [-0.05, 0) is 37.0 Å². The zero-order valence-electron chi connectivity index (χ0n) is 8.90. The van der Waals surface area contributed by atoms with Gasteiger partial charge in [0.15, 0.2) is 0 Å². The molecule has 0 aromatic rings. The summed E-state index contributed by atoms with van der Waals surface area (Å²) >= 11 is 0. The zero-order chi connectivity index (χ0) is 10.8. The highest BCUT2D eigenvalue weighted by Gasteiger charge is 2.38. The SMILES string of the molecule is COC(=O)/C(C#N)=C/C1CC2CCC1C2. The van der Waals surface area contributed by atoms with Gasteiger partial charge in [0.25, 0.3) is 0 Å². The Balaban J connectivity index is 2.09. The second-order valence-corrected chi connectivity index (χ2v) is 4.52. The Morgan fingerprint density at radius 3 is 2.73 bits per heavy atom. The Bertz CT molecular complexity index is 340. The number of hydrogen-bond donors (Lipinski definition) is 0. The number of rotatable bonds is 2. The average molecular weight is 205 g/mol. The molecule has 2 saturated carbocycles. The standard InChI is InChI=1S/C12H15NO2/c1-15-12(14)11(7-13)6-10-5-8-2-3-9(10)4-8/h6,8-10H,2-5H2,1H3/b11-6+. The summed E-state index contributed by atoms with van der Waals surface area (Å²) in [5.74, 6) is 1.45. The average Bonchev–Trinajstić information content (AvgIpc) is 2.86. The van der Waals surface area contributed by atoms with Gasteiger partial charge in [-0.1, -0.05) is 12.5 Å². The molecule has 3 nitrogen and oxygen atoms in total. The summed E-state index contributed by atoms with van der Waals surface area (Å²) in [6.45, 7) is 0. The molecule has 2 aliphatic carbocycles. The fourth-order valence-electron chi connectivity index (χ4n) is 2.97. The molecule has 15 heavy (non-hydrogen) atoms. The summed E-state index contributed by atoms with van der Waals surface area (Å²) in [5, 5.41) is 8.84. The monoisotopic (exact) mass is 205 g/mol. The number of esters is 1. The number of fused-ring (bicyclic) bond motifs is 2. The molecule has 0 heterocycles. The summed E-state index contributed by atoms with van der Waals surface area (Å²) in [7, 11) is 1.31. The van der Waals surface area contributed by atoms with E-state index < -0.39 is 5.97 Å². The second-order valence-electron chi connectivity index (χ2n) is 4.52. The summed E-state index contributed by atoms with van der Waals surface area (Å²) in [6.07, 6.45) is 6.84. The molecule has 80 valence electrons. The van der Waals surface area contributed by atoms with Gasteiger partial charge in [0.1, 0.15) is 11.6 Å². The van der Waals surface area contributed by atoms with Crippen molar-refractivity contribution in [1.29, 1.82) is 5.26 Å². The van der Waals surface area contributed by atoms with E-state index in [1.165, 1.54) is 26.4 Å². The normalized spacial score (nSPS) is 33.9. The van der Waals surface area contributed by atoms with Crippen LogP contribution in [0.1, 0.15) is 25.7 Å².